The highest BCUT2D eigenvalue weighted by atomic mass is 16.6. The van der Waals surface area contributed by atoms with Crippen LogP contribution in [0.25, 0.3) is 11.3 Å². The molecule has 0 radical (unpaired) electrons. The number of piperidine rings is 3. The van der Waals surface area contributed by atoms with Crippen molar-refractivity contribution in [2.45, 2.75) is 38.3 Å². The summed E-state index contributed by atoms with van der Waals surface area (Å²) in [6.07, 6.45) is 3.62. The molecule has 3 fully saturated rings. The zero-order valence-electron chi connectivity index (χ0n) is 19.2. The Kier molecular flexibility index (Phi) is 6.96. The van der Waals surface area contributed by atoms with E-state index < -0.39 is 5.54 Å². The van der Waals surface area contributed by atoms with Crippen molar-refractivity contribution in [3.05, 3.63) is 48.2 Å². The van der Waals surface area contributed by atoms with Gasteiger partial charge in [-0.1, -0.05) is 24.3 Å². The van der Waals surface area contributed by atoms with Gasteiger partial charge in [0.15, 0.2) is 0 Å². The number of nitrogens with one attached hydrogen (secondary N) is 1. The molecule has 1 N–H and O–H groups in total. The molecule has 4 heterocycles. The minimum atomic E-state index is -0.546. The van der Waals surface area contributed by atoms with Crippen LogP contribution in [0.5, 0.6) is 5.75 Å². The van der Waals surface area contributed by atoms with E-state index in [0.29, 0.717) is 24.9 Å². The van der Waals surface area contributed by atoms with Crippen LogP contribution >= 0.6 is 0 Å². The average Bonchev–Trinajstić information content (AvgIpc) is 2.80. The van der Waals surface area contributed by atoms with Crippen molar-refractivity contribution in [1.29, 1.82) is 0 Å². The molecule has 1 aromatic heterocycles. The van der Waals surface area contributed by atoms with Gasteiger partial charge in [0.1, 0.15) is 18.5 Å². The van der Waals surface area contributed by atoms with Crippen LogP contribution < -0.4 is 10.1 Å². The predicted octanol–water partition coefficient (Wildman–Crippen LogP) is 3.83. The fourth-order valence-electron chi connectivity index (χ4n) is 4.48. The molecule has 3 aliphatic rings. The normalized spacial score (nSPS) is 22.4. The third-order valence-electron chi connectivity index (χ3n) is 6.46. The van der Waals surface area contributed by atoms with Crippen molar-refractivity contribution in [3.63, 3.8) is 0 Å². The molecule has 3 aliphatic heterocycles. The standard InChI is InChI=1S/C25H33N3O4/c1-25(2,27-24(29)32-23-17-28-12-10-19(23)11-13-28)20-6-4-18(5-7-20)22-9-8-21(16-26-22)31-15-14-30-3/h4-9,16,19,23H,10-15,17H2,1-3H3,(H,27,29). The van der Waals surface area contributed by atoms with Crippen molar-refractivity contribution in [2.75, 3.05) is 40.0 Å². The molecule has 0 aliphatic carbocycles. The van der Waals surface area contributed by atoms with E-state index in [4.69, 9.17) is 14.2 Å². The van der Waals surface area contributed by atoms with Crippen molar-refractivity contribution < 1.29 is 19.0 Å². The van der Waals surface area contributed by atoms with Crippen LogP contribution in [0, 0.1) is 5.92 Å². The Hall–Kier alpha value is -2.64. The highest BCUT2D eigenvalue weighted by Crippen LogP contribution is 2.30. The molecule has 1 aromatic carbocycles. The number of fused-ring (bicyclic) bond motifs is 3. The van der Waals surface area contributed by atoms with Crippen molar-refractivity contribution >= 4 is 6.09 Å². The van der Waals surface area contributed by atoms with E-state index >= 15 is 0 Å². The first-order valence-electron chi connectivity index (χ1n) is 11.3. The lowest BCUT2D eigenvalue weighted by atomic mass is 9.86. The number of alkyl carbamates (subject to hydrolysis) is 1. The molecular formula is C25H33N3O4. The van der Waals surface area contributed by atoms with Gasteiger partial charge in [0.2, 0.25) is 0 Å². The van der Waals surface area contributed by atoms with Crippen LogP contribution in [0.4, 0.5) is 4.79 Å². The Bertz CT molecular complexity index is 890. The van der Waals surface area contributed by atoms with Crippen LogP contribution in [0.15, 0.2) is 42.6 Å². The zero-order valence-corrected chi connectivity index (χ0v) is 19.2. The molecule has 0 spiro atoms. The average molecular weight is 440 g/mol. The van der Waals surface area contributed by atoms with Crippen LogP contribution in [-0.2, 0) is 15.0 Å². The molecule has 1 atom stereocenters. The van der Waals surface area contributed by atoms with E-state index in [9.17, 15) is 4.79 Å². The van der Waals surface area contributed by atoms with Gasteiger partial charge >= 0.3 is 6.09 Å². The lowest BCUT2D eigenvalue weighted by Gasteiger charge is -2.44. The molecule has 7 heteroatoms. The number of nitrogens with zero attached hydrogens (tertiary/aromatic N) is 2. The number of ether oxygens (including phenoxy) is 3. The first kappa shape index (κ1) is 22.6. The maximum atomic E-state index is 12.6. The predicted molar refractivity (Wildman–Crippen MR) is 123 cm³/mol. The van der Waals surface area contributed by atoms with Gasteiger partial charge in [-0.2, -0.15) is 0 Å². The van der Waals surface area contributed by atoms with Crippen molar-refractivity contribution in [1.82, 2.24) is 15.2 Å². The van der Waals surface area contributed by atoms with Gasteiger partial charge in [-0.3, -0.25) is 9.88 Å². The topological polar surface area (TPSA) is 72.9 Å². The summed E-state index contributed by atoms with van der Waals surface area (Å²) in [6, 6.07) is 11.9. The second kappa shape index (κ2) is 9.88. The van der Waals surface area contributed by atoms with Crippen LogP contribution in [0.2, 0.25) is 0 Å². The molecule has 2 bridgehead atoms. The van der Waals surface area contributed by atoms with Gasteiger partial charge in [-0.25, -0.2) is 4.79 Å². The number of hydrogen-bond acceptors (Lipinski definition) is 6. The van der Waals surface area contributed by atoms with E-state index in [0.717, 1.165) is 49.3 Å². The van der Waals surface area contributed by atoms with Gasteiger partial charge in [-0.15, -0.1) is 0 Å². The minimum absolute atomic E-state index is 0.00296. The highest BCUT2D eigenvalue weighted by molar-refractivity contribution is 5.69. The van der Waals surface area contributed by atoms with Gasteiger partial charge in [0, 0.05) is 19.2 Å². The lowest BCUT2D eigenvalue weighted by molar-refractivity contribution is -0.0349. The summed E-state index contributed by atoms with van der Waals surface area (Å²) in [7, 11) is 1.65. The van der Waals surface area contributed by atoms with E-state index in [-0.39, 0.29) is 12.2 Å². The number of methoxy groups -OCH3 is 1. The quantitative estimate of drug-likeness (QED) is 0.631. The van der Waals surface area contributed by atoms with E-state index in [1.54, 1.807) is 13.3 Å². The number of rotatable bonds is 8. The van der Waals surface area contributed by atoms with Crippen LogP contribution in [0.1, 0.15) is 32.3 Å². The largest absolute Gasteiger partial charge is 0.490 e. The Morgan fingerprint density at radius 1 is 1.12 bits per heavy atom. The Labute approximate surface area is 190 Å². The molecule has 3 saturated heterocycles. The summed E-state index contributed by atoms with van der Waals surface area (Å²) in [6.45, 7) is 8.13. The SMILES string of the molecule is COCCOc1ccc(-c2ccc(C(C)(C)NC(=O)OC3CN4CCC3CC4)cc2)nc1. The van der Waals surface area contributed by atoms with Gasteiger partial charge in [0.05, 0.1) is 24.0 Å². The van der Waals surface area contributed by atoms with E-state index in [2.05, 4.69) is 15.2 Å². The molecule has 0 saturated carbocycles. The number of carbonyl (C=O) groups excluding carboxylic acids is 1. The van der Waals surface area contributed by atoms with Crippen LogP contribution in [-0.4, -0.2) is 62.0 Å². The molecule has 5 rings (SSSR count). The Morgan fingerprint density at radius 3 is 2.47 bits per heavy atom. The summed E-state index contributed by atoms with van der Waals surface area (Å²) in [4.78, 5) is 19.5. The third kappa shape index (κ3) is 5.40. The third-order valence-corrected chi connectivity index (χ3v) is 6.46. The second-order valence-corrected chi connectivity index (χ2v) is 9.13. The highest BCUT2D eigenvalue weighted by Gasteiger charge is 2.37. The number of carbonyl (C=O) groups is 1. The molecular weight excluding hydrogens is 406 g/mol. The van der Waals surface area contributed by atoms with E-state index in [1.807, 2.05) is 50.2 Å². The number of hydrogen-bond donors (Lipinski definition) is 1. The van der Waals surface area contributed by atoms with Gasteiger partial charge < -0.3 is 19.5 Å². The minimum Gasteiger partial charge on any atom is -0.490 e. The fourth-order valence-corrected chi connectivity index (χ4v) is 4.48. The molecule has 172 valence electrons. The smallest absolute Gasteiger partial charge is 0.408 e. The maximum Gasteiger partial charge on any atom is 0.408 e. The first-order valence-corrected chi connectivity index (χ1v) is 11.3. The second-order valence-electron chi connectivity index (χ2n) is 9.13. The molecule has 1 amide bonds. The Morgan fingerprint density at radius 2 is 1.88 bits per heavy atom. The van der Waals surface area contributed by atoms with Gasteiger partial charge in [0.25, 0.3) is 0 Å². The number of benzene rings is 1. The summed E-state index contributed by atoms with van der Waals surface area (Å²) >= 11 is 0. The summed E-state index contributed by atoms with van der Waals surface area (Å²) in [5, 5.41) is 3.05. The Balaban J connectivity index is 1.34. The monoisotopic (exact) mass is 439 g/mol. The zero-order chi connectivity index (χ0) is 22.6. The van der Waals surface area contributed by atoms with Crippen LogP contribution in [0.3, 0.4) is 0 Å². The number of amides is 1. The molecule has 2 aromatic rings. The van der Waals surface area contributed by atoms with Crippen molar-refractivity contribution in [3.8, 4) is 17.0 Å². The number of pyridine rings is 1. The van der Waals surface area contributed by atoms with E-state index in [1.165, 1.54) is 0 Å². The summed E-state index contributed by atoms with van der Waals surface area (Å²) < 4.78 is 16.4. The number of aromatic nitrogens is 1. The van der Waals surface area contributed by atoms with Crippen molar-refractivity contribution in [2.24, 2.45) is 5.92 Å². The molecule has 32 heavy (non-hydrogen) atoms. The lowest BCUT2D eigenvalue weighted by Crippen LogP contribution is -2.53. The fraction of sp³-hybridized carbons (Fsp3) is 0.520. The first-order chi connectivity index (χ1) is 15.4. The molecule has 7 nitrogen and oxygen atoms in total. The molecule has 1 unspecified atom stereocenters. The summed E-state index contributed by atoms with van der Waals surface area (Å²) in [5.74, 6) is 1.21. The van der Waals surface area contributed by atoms with Gasteiger partial charge in [-0.05, 0) is 63.4 Å². The maximum absolute atomic E-state index is 12.6. The summed E-state index contributed by atoms with van der Waals surface area (Å²) in [5.41, 5.74) is 2.33.